The lowest BCUT2D eigenvalue weighted by atomic mass is 10.1. The van der Waals surface area contributed by atoms with Crippen LogP contribution in [0.2, 0.25) is 5.02 Å². The summed E-state index contributed by atoms with van der Waals surface area (Å²) in [4.78, 5) is 13.9. The zero-order valence-corrected chi connectivity index (χ0v) is 11.4. The maximum absolute atomic E-state index is 11.9. The van der Waals surface area contributed by atoms with E-state index in [1.54, 1.807) is 18.2 Å². The van der Waals surface area contributed by atoms with E-state index >= 15 is 0 Å². The molecule has 1 unspecified atom stereocenters. The first kappa shape index (κ1) is 14.1. The summed E-state index contributed by atoms with van der Waals surface area (Å²) in [5.74, 6) is 0.208. The number of hydrogen-bond donors (Lipinski definition) is 3. The number of carbonyl (C=O) groups excluding carboxylic acids is 1. The van der Waals surface area contributed by atoms with E-state index in [2.05, 4.69) is 5.32 Å². The number of aliphatic hydroxyl groups excluding tert-OH is 1. The van der Waals surface area contributed by atoms with Crippen molar-refractivity contribution >= 4 is 28.9 Å². The summed E-state index contributed by atoms with van der Waals surface area (Å²) in [5.41, 5.74) is 6.76. The maximum Gasteiger partial charge on any atom is 0.238 e. The lowest BCUT2D eigenvalue weighted by molar-refractivity contribution is -0.117. The van der Waals surface area contributed by atoms with Gasteiger partial charge < -0.3 is 16.2 Å². The van der Waals surface area contributed by atoms with Crippen LogP contribution in [0, 0.1) is 5.92 Å². The van der Waals surface area contributed by atoms with Crippen molar-refractivity contribution in [3.63, 3.8) is 0 Å². The Hall–Kier alpha value is -1.30. The highest BCUT2D eigenvalue weighted by Crippen LogP contribution is 2.22. The SMILES string of the molecule is Nc1cc(NC(=O)CN2CCC(CO)C2)ccc1Cl. The van der Waals surface area contributed by atoms with Crippen molar-refractivity contribution < 1.29 is 9.90 Å². The van der Waals surface area contributed by atoms with E-state index in [9.17, 15) is 4.79 Å². The number of nitrogens with zero attached hydrogens (tertiary/aromatic N) is 1. The fraction of sp³-hybridized carbons (Fsp3) is 0.462. The van der Waals surface area contributed by atoms with Gasteiger partial charge in [0.15, 0.2) is 0 Å². The van der Waals surface area contributed by atoms with E-state index in [1.165, 1.54) is 0 Å². The molecule has 1 aliphatic rings. The third-order valence-corrected chi connectivity index (χ3v) is 3.62. The Morgan fingerprint density at radius 1 is 1.58 bits per heavy atom. The van der Waals surface area contributed by atoms with Crippen LogP contribution in [-0.2, 0) is 4.79 Å². The predicted molar refractivity (Wildman–Crippen MR) is 76.1 cm³/mol. The highest BCUT2D eigenvalue weighted by atomic mass is 35.5. The Morgan fingerprint density at radius 2 is 2.37 bits per heavy atom. The van der Waals surface area contributed by atoms with Gasteiger partial charge in [-0.2, -0.15) is 0 Å². The number of aliphatic hydroxyl groups is 1. The Balaban J connectivity index is 1.86. The Kier molecular flexibility index (Phi) is 4.63. The number of anilines is 2. The van der Waals surface area contributed by atoms with E-state index in [0.717, 1.165) is 19.5 Å². The van der Waals surface area contributed by atoms with Gasteiger partial charge in [-0.3, -0.25) is 9.69 Å². The van der Waals surface area contributed by atoms with Crippen molar-refractivity contribution in [2.45, 2.75) is 6.42 Å². The molecule has 6 heteroatoms. The second kappa shape index (κ2) is 6.23. The quantitative estimate of drug-likeness (QED) is 0.725. The number of likely N-dealkylation sites (tertiary alicyclic amines) is 1. The minimum absolute atomic E-state index is 0.0830. The van der Waals surface area contributed by atoms with Crippen LogP contribution >= 0.6 is 11.6 Å². The number of rotatable bonds is 4. The molecule has 1 amide bonds. The standard InChI is InChI=1S/C13H18ClN3O2/c14-11-2-1-10(5-12(11)15)16-13(19)7-17-4-3-9(6-17)8-18/h1-2,5,9,18H,3-4,6-8,15H2,(H,16,19). The molecule has 0 aliphatic carbocycles. The van der Waals surface area contributed by atoms with Gasteiger partial charge in [0.05, 0.1) is 17.3 Å². The first-order chi connectivity index (χ1) is 9.08. The fourth-order valence-electron chi connectivity index (χ4n) is 2.23. The molecule has 0 spiro atoms. The number of hydrogen-bond acceptors (Lipinski definition) is 4. The zero-order valence-electron chi connectivity index (χ0n) is 10.6. The molecule has 1 aromatic rings. The summed E-state index contributed by atoms with van der Waals surface area (Å²) in [5, 5.41) is 12.3. The molecule has 2 rings (SSSR count). The second-order valence-corrected chi connectivity index (χ2v) is 5.26. The van der Waals surface area contributed by atoms with Crippen LogP contribution in [-0.4, -0.2) is 42.2 Å². The van der Waals surface area contributed by atoms with Crippen molar-refractivity contribution in [3.05, 3.63) is 23.2 Å². The topological polar surface area (TPSA) is 78.6 Å². The summed E-state index contributed by atoms with van der Waals surface area (Å²) in [6, 6.07) is 5.02. The summed E-state index contributed by atoms with van der Waals surface area (Å²) < 4.78 is 0. The van der Waals surface area contributed by atoms with Crippen molar-refractivity contribution in [2.75, 3.05) is 37.3 Å². The van der Waals surface area contributed by atoms with Crippen molar-refractivity contribution in [3.8, 4) is 0 Å². The van der Waals surface area contributed by atoms with Gasteiger partial charge in [-0.05, 0) is 37.1 Å². The average molecular weight is 284 g/mol. The van der Waals surface area contributed by atoms with Crippen LogP contribution in [0.1, 0.15) is 6.42 Å². The average Bonchev–Trinajstić information content (AvgIpc) is 2.81. The van der Waals surface area contributed by atoms with Gasteiger partial charge in [0, 0.05) is 18.8 Å². The molecule has 0 bridgehead atoms. The maximum atomic E-state index is 11.9. The molecule has 4 N–H and O–H groups in total. The molecule has 1 saturated heterocycles. The van der Waals surface area contributed by atoms with Crippen LogP contribution in [0.25, 0.3) is 0 Å². The molecule has 1 aromatic carbocycles. The molecule has 19 heavy (non-hydrogen) atoms. The normalized spacial score (nSPS) is 19.6. The lowest BCUT2D eigenvalue weighted by Crippen LogP contribution is -2.31. The van der Waals surface area contributed by atoms with Crippen molar-refractivity contribution in [2.24, 2.45) is 5.92 Å². The number of amides is 1. The zero-order chi connectivity index (χ0) is 13.8. The van der Waals surface area contributed by atoms with Gasteiger partial charge in [0.25, 0.3) is 0 Å². The number of carbonyl (C=O) groups is 1. The minimum Gasteiger partial charge on any atom is -0.397 e. The summed E-state index contributed by atoms with van der Waals surface area (Å²) >= 11 is 5.82. The molecule has 1 aliphatic heterocycles. The van der Waals surface area contributed by atoms with Gasteiger partial charge in [0.1, 0.15) is 0 Å². The first-order valence-corrected chi connectivity index (χ1v) is 6.64. The summed E-state index contributed by atoms with van der Waals surface area (Å²) in [6.07, 6.45) is 0.942. The molecular weight excluding hydrogens is 266 g/mol. The molecule has 104 valence electrons. The third-order valence-electron chi connectivity index (χ3n) is 3.28. The van der Waals surface area contributed by atoms with Crippen LogP contribution in [0.4, 0.5) is 11.4 Å². The monoisotopic (exact) mass is 283 g/mol. The largest absolute Gasteiger partial charge is 0.397 e. The number of benzene rings is 1. The molecule has 1 fully saturated rings. The summed E-state index contributed by atoms with van der Waals surface area (Å²) in [6.45, 7) is 2.14. The Labute approximate surface area is 117 Å². The fourth-order valence-corrected chi connectivity index (χ4v) is 2.35. The molecule has 1 heterocycles. The van der Waals surface area contributed by atoms with E-state index in [1.807, 2.05) is 4.90 Å². The summed E-state index contributed by atoms with van der Waals surface area (Å²) in [7, 11) is 0. The van der Waals surface area contributed by atoms with Gasteiger partial charge in [-0.1, -0.05) is 11.6 Å². The van der Waals surface area contributed by atoms with Gasteiger partial charge in [-0.25, -0.2) is 0 Å². The number of nitrogen functional groups attached to an aromatic ring is 1. The first-order valence-electron chi connectivity index (χ1n) is 6.26. The van der Waals surface area contributed by atoms with Crippen LogP contribution in [0.5, 0.6) is 0 Å². The van der Waals surface area contributed by atoms with Gasteiger partial charge in [-0.15, -0.1) is 0 Å². The predicted octanol–water partition coefficient (Wildman–Crippen LogP) is 1.17. The molecule has 0 saturated carbocycles. The second-order valence-electron chi connectivity index (χ2n) is 4.86. The van der Waals surface area contributed by atoms with E-state index in [-0.39, 0.29) is 12.5 Å². The van der Waals surface area contributed by atoms with Crippen LogP contribution < -0.4 is 11.1 Å². The Morgan fingerprint density at radius 3 is 3.00 bits per heavy atom. The van der Waals surface area contributed by atoms with Gasteiger partial charge >= 0.3 is 0 Å². The number of halogens is 1. The minimum atomic E-state index is -0.0830. The smallest absolute Gasteiger partial charge is 0.238 e. The van der Waals surface area contributed by atoms with Crippen LogP contribution in [0.15, 0.2) is 18.2 Å². The highest BCUT2D eigenvalue weighted by Gasteiger charge is 2.23. The van der Waals surface area contributed by atoms with E-state index in [0.29, 0.717) is 28.9 Å². The molecule has 5 nitrogen and oxygen atoms in total. The van der Waals surface area contributed by atoms with E-state index in [4.69, 9.17) is 22.4 Å². The molecular formula is C13H18ClN3O2. The lowest BCUT2D eigenvalue weighted by Gasteiger charge is -2.15. The van der Waals surface area contributed by atoms with E-state index < -0.39 is 0 Å². The number of nitrogens with one attached hydrogen (secondary N) is 1. The third kappa shape index (κ3) is 3.83. The number of nitrogens with two attached hydrogens (primary N) is 1. The molecule has 0 radical (unpaired) electrons. The molecule has 1 atom stereocenters. The Bertz CT molecular complexity index is 467. The van der Waals surface area contributed by atoms with Crippen molar-refractivity contribution in [1.82, 2.24) is 4.90 Å². The highest BCUT2D eigenvalue weighted by molar-refractivity contribution is 6.33. The van der Waals surface area contributed by atoms with Crippen LogP contribution in [0.3, 0.4) is 0 Å². The van der Waals surface area contributed by atoms with Crippen molar-refractivity contribution in [1.29, 1.82) is 0 Å². The molecule has 0 aromatic heterocycles. The van der Waals surface area contributed by atoms with Gasteiger partial charge in [0.2, 0.25) is 5.91 Å².